The fourth-order valence-corrected chi connectivity index (χ4v) is 2.30. The molecule has 6 nitrogen and oxygen atoms in total. The minimum atomic E-state index is 0.821. The van der Waals surface area contributed by atoms with Crippen molar-refractivity contribution in [3.63, 3.8) is 0 Å². The minimum absolute atomic E-state index is 0.821. The maximum Gasteiger partial charge on any atom is 0.150 e. The number of aryl methyl sites for hydroxylation is 1. The van der Waals surface area contributed by atoms with Gasteiger partial charge in [0.15, 0.2) is 5.76 Å². The summed E-state index contributed by atoms with van der Waals surface area (Å²) in [5.41, 5.74) is 0. The highest BCUT2D eigenvalue weighted by Gasteiger charge is 2.19. The largest absolute Gasteiger partial charge is 0.360 e. The van der Waals surface area contributed by atoms with E-state index in [0.29, 0.717) is 0 Å². The van der Waals surface area contributed by atoms with E-state index in [1.807, 2.05) is 25.3 Å². The summed E-state index contributed by atoms with van der Waals surface area (Å²) in [4.78, 5) is 13.3. The van der Waals surface area contributed by atoms with Crippen LogP contribution in [0.25, 0.3) is 0 Å². The van der Waals surface area contributed by atoms with Gasteiger partial charge in [-0.25, -0.2) is 9.97 Å². The van der Waals surface area contributed by atoms with Crippen LogP contribution < -0.4 is 4.90 Å². The molecule has 0 saturated carbocycles. The molecule has 3 rings (SSSR count). The molecule has 2 aromatic heterocycles. The van der Waals surface area contributed by atoms with Gasteiger partial charge in [0.25, 0.3) is 0 Å². The predicted molar refractivity (Wildman–Crippen MR) is 70.8 cm³/mol. The molecule has 3 heterocycles. The Balaban J connectivity index is 1.57. The highest BCUT2D eigenvalue weighted by atomic mass is 16.5. The van der Waals surface area contributed by atoms with Crippen LogP contribution in [-0.4, -0.2) is 46.2 Å². The zero-order valence-corrected chi connectivity index (χ0v) is 11.0. The van der Waals surface area contributed by atoms with Crippen LogP contribution in [-0.2, 0) is 6.54 Å². The van der Waals surface area contributed by atoms with Gasteiger partial charge in [0, 0.05) is 38.4 Å². The lowest BCUT2D eigenvalue weighted by Gasteiger charge is -2.34. The van der Waals surface area contributed by atoms with E-state index in [2.05, 4.69) is 24.9 Å². The van der Waals surface area contributed by atoms with E-state index in [0.717, 1.165) is 50.1 Å². The number of rotatable bonds is 3. The molecule has 0 amide bonds. The van der Waals surface area contributed by atoms with Gasteiger partial charge in [0.2, 0.25) is 0 Å². The maximum absolute atomic E-state index is 5.14. The van der Waals surface area contributed by atoms with E-state index in [4.69, 9.17) is 4.52 Å². The van der Waals surface area contributed by atoms with Crippen LogP contribution in [0.15, 0.2) is 29.0 Å². The molecule has 1 aliphatic rings. The van der Waals surface area contributed by atoms with Gasteiger partial charge in [-0.1, -0.05) is 5.16 Å². The standard InChI is InChI=1S/C13H17N5O/c1-11-14-4-3-13(16-11)18-8-6-17(7-9-18)10-12-2-5-15-19-12/h2-5H,6-10H2,1H3. The summed E-state index contributed by atoms with van der Waals surface area (Å²) in [7, 11) is 0. The van der Waals surface area contributed by atoms with Crippen LogP contribution in [0.1, 0.15) is 11.6 Å². The molecule has 1 saturated heterocycles. The van der Waals surface area contributed by atoms with E-state index in [-0.39, 0.29) is 0 Å². The summed E-state index contributed by atoms with van der Waals surface area (Å²) < 4.78 is 5.14. The van der Waals surface area contributed by atoms with E-state index in [1.165, 1.54) is 0 Å². The number of piperazine rings is 1. The van der Waals surface area contributed by atoms with E-state index in [9.17, 15) is 0 Å². The highest BCUT2D eigenvalue weighted by Crippen LogP contribution is 2.14. The molecule has 1 fully saturated rings. The van der Waals surface area contributed by atoms with Crippen LogP contribution in [0, 0.1) is 6.92 Å². The number of nitrogens with zero attached hydrogens (tertiary/aromatic N) is 5. The molecule has 0 aliphatic carbocycles. The van der Waals surface area contributed by atoms with Crippen molar-refractivity contribution in [3.05, 3.63) is 36.1 Å². The normalized spacial score (nSPS) is 16.8. The van der Waals surface area contributed by atoms with Crippen molar-refractivity contribution in [2.45, 2.75) is 13.5 Å². The van der Waals surface area contributed by atoms with Gasteiger partial charge in [-0.05, 0) is 13.0 Å². The first-order valence-corrected chi connectivity index (χ1v) is 6.48. The highest BCUT2D eigenvalue weighted by molar-refractivity contribution is 5.37. The number of hydrogen-bond donors (Lipinski definition) is 0. The minimum Gasteiger partial charge on any atom is -0.360 e. The quantitative estimate of drug-likeness (QED) is 0.822. The Kier molecular flexibility index (Phi) is 3.41. The predicted octanol–water partition coefficient (Wildman–Crippen LogP) is 1.10. The summed E-state index contributed by atoms with van der Waals surface area (Å²) >= 11 is 0. The molecule has 0 bridgehead atoms. The molecule has 0 aromatic carbocycles. The number of anilines is 1. The Morgan fingerprint density at radius 3 is 2.68 bits per heavy atom. The van der Waals surface area contributed by atoms with Crippen molar-refractivity contribution in [3.8, 4) is 0 Å². The second-order valence-electron chi connectivity index (χ2n) is 4.70. The topological polar surface area (TPSA) is 58.3 Å². The van der Waals surface area contributed by atoms with Gasteiger partial charge >= 0.3 is 0 Å². The lowest BCUT2D eigenvalue weighted by atomic mass is 10.3. The number of hydrogen-bond acceptors (Lipinski definition) is 6. The van der Waals surface area contributed by atoms with Gasteiger partial charge in [0.1, 0.15) is 11.6 Å². The first-order valence-electron chi connectivity index (χ1n) is 6.48. The Bertz CT molecular complexity index is 520. The summed E-state index contributed by atoms with van der Waals surface area (Å²) in [5, 5.41) is 3.73. The van der Waals surface area contributed by atoms with Crippen molar-refractivity contribution in [2.24, 2.45) is 0 Å². The molecule has 6 heteroatoms. The Morgan fingerprint density at radius 2 is 2.00 bits per heavy atom. The molecule has 1 aliphatic heterocycles. The van der Waals surface area contributed by atoms with E-state index in [1.54, 1.807) is 6.20 Å². The fraction of sp³-hybridized carbons (Fsp3) is 0.462. The third-order valence-corrected chi connectivity index (χ3v) is 3.33. The maximum atomic E-state index is 5.14. The van der Waals surface area contributed by atoms with Crippen LogP contribution in [0.5, 0.6) is 0 Å². The summed E-state index contributed by atoms with van der Waals surface area (Å²) in [6.45, 7) is 6.71. The molecule has 0 N–H and O–H groups in total. The molecule has 100 valence electrons. The van der Waals surface area contributed by atoms with Crippen molar-refractivity contribution >= 4 is 5.82 Å². The molecule has 0 unspecified atom stereocenters. The first kappa shape index (κ1) is 12.1. The molecule has 19 heavy (non-hydrogen) atoms. The van der Waals surface area contributed by atoms with E-state index >= 15 is 0 Å². The van der Waals surface area contributed by atoms with Crippen LogP contribution >= 0.6 is 0 Å². The Labute approximate surface area is 112 Å². The average molecular weight is 259 g/mol. The van der Waals surface area contributed by atoms with Crippen LogP contribution in [0.2, 0.25) is 0 Å². The summed E-state index contributed by atoms with van der Waals surface area (Å²) in [6, 6.07) is 3.89. The molecular formula is C13H17N5O. The van der Waals surface area contributed by atoms with Gasteiger partial charge in [-0.15, -0.1) is 0 Å². The second kappa shape index (κ2) is 5.36. The van der Waals surface area contributed by atoms with Crippen LogP contribution in [0.4, 0.5) is 5.82 Å². The number of aromatic nitrogens is 3. The molecule has 0 radical (unpaired) electrons. The van der Waals surface area contributed by atoms with Gasteiger partial charge in [-0.3, -0.25) is 4.90 Å². The molecule has 0 atom stereocenters. The third-order valence-electron chi connectivity index (χ3n) is 3.33. The fourth-order valence-electron chi connectivity index (χ4n) is 2.30. The average Bonchev–Trinajstić information content (AvgIpc) is 2.92. The molecule has 2 aromatic rings. The lowest BCUT2D eigenvalue weighted by molar-refractivity contribution is 0.219. The van der Waals surface area contributed by atoms with Crippen molar-refractivity contribution in [1.29, 1.82) is 0 Å². The smallest absolute Gasteiger partial charge is 0.150 e. The zero-order valence-electron chi connectivity index (χ0n) is 11.0. The Morgan fingerprint density at radius 1 is 1.16 bits per heavy atom. The van der Waals surface area contributed by atoms with Gasteiger partial charge < -0.3 is 9.42 Å². The molecule has 0 spiro atoms. The van der Waals surface area contributed by atoms with Crippen LogP contribution in [0.3, 0.4) is 0 Å². The first-order chi connectivity index (χ1) is 9.31. The monoisotopic (exact) mass is 259 g/mol. The second-order valence-corrected chi connectivity index (χ2v) is 4.70. The SMILES string of the molecule is Cc1nccc(N2CCN(Cc3ccno3)CC2)n1. The van der Waals surface area contributed by atoms with Crippen molar-refractivity contribution in [1.82, 2.24) is 20.0 Å². The summed E-state index contributed by atoms with van der Waals surface area (Å²) in [6.07, 6.45) is 3.51. The lowest BCUT2D eigenvalue weighted by Crippen LogP contribution is -2.46. The summed E-state index contributed by atoms with van der Waals surface area (Å²) in [5.74, 6) is 2.76. The zero-order chi connectivity index (χ0) is 13.1. The van der Waals surface area contributed by atoms with Crippen molar-refractivity contribution in [2.75, 3.05) is 31.1 Å². The van der Waals surface area contributed by atoms with E-state index < -0.39 is 0 Å². The third kappa shape index (κ3) is 2.90. The van der Waals surface area contributed by atoms with Crippen molar-refractivity contribution < 1.29 is 4.52 Å². The Hall–Kier alpha value is -1.95. The van der Waals surface area contributed by atoms with Gasteiger partial charge in [0.05, 0.1) is 12.7 Å². The van der Waals surface area contributed by atoms with Gasteiger partial charge in [-0.2, -0.15) is 0 Å². The molecular weight excluding hydrogens is 242 g/mol.